The topological polar surface area (TPSA) is 95.9 Å². The summed E-state index contributed by atoms with van der Waals surface area (Å²) in [6.45, 7) is 4.92. The molecule has 2 unspecified atom stereocenters. The minimum atomic E-state index is -0.672. The zero-order valence-electron chi connectivity index (χ0n) is 43.7. The summed E-state index contributed by atoms with van der Waals surface area (Å²) in [7, 11) is 0. The number of unbranched alkanes of at least 4 members (excludes halogenated alkanes) is 39. The van der Waals surface area contributed by atoms with Crippen molar-refractivity contribution >= 4 is 11.9 Å². The molecule has 0 aliphatic heterocycles. The molecule has 0 heterocycles. The Morgan fingerprint density at radius 1 is 0.431 bits per heavy atom. The molecule has 0 fully saturated rings. The van der Waals surface area contributed by atoms with Gasteiger partial charge < -0.3 is 20.3 Å². The van der Waals surface area contributed by atoms with E-state index in [4.69, 9.17) is 4.74 Å². The van der Waals surface area contributed by atoms with Gasteiger partial charge in [0, 0.05) is 12.8 Å². The minimum absolute atomic E-state index is 0.0150. The van der Waals surface area contributed by atoms with Crippen molar-refractivity contribution in [3.63, 3.8) is 0 Å². The predicted octanol–water partition coefficient (Wildman–Crippen LogP) is 17.9. The second-order valence-electron chi connectivity index (χ2n) is 20.0. The van der Waals surface area contributed by atoms with Crippen LogP contribution in [0.4, 0.5) is 0 Å². The molecule has 0 aromatic heterocycles. The first-order chi connectivity index (χ1) is 32.0. The normalized spacial score (nSPS) is 12.7. The third-order valence-corrected chi connectivity index (χ3v) is 13.5. The van der Waals surface area contributed by atoms with Gasteiger partial charge in [0.2, 0.25) is 5.91 Å². The fourth-order valence-corrected chi connectivity index (χ4v) is 9.02. The number of nitrogens with one attached hydrogen (secondary N) is 1. The van der Waals surface area contributed by atoms with Crippen LogP contribution in [-0.4, -0.2) is 47.4 Å². The first kappa shape index (κ1) is 63.3. The summed E-state index contributed by atoms with van der Waals surface area (Å²) in [6.07, 6.45) is 65.9. The van der Waals surface area contributed by atoms with E-state index in [0.29, 0.717) is 25.9 Å². The molecule has 0 aliphatic rings. The van der Waals surface area contributed by atoms with Crippen LogP contribution in [0, 0.1) is 0 Å². The SMILES string of the molecule is CCCCCC/C=C\C/C=C\CCCCCCCC(=O)OCCCCCCCCCCCCCCCCC(=O)NC(CO)C(O)CCCCCCCCCCCCCCCCCCCC. The summed E-state index contributed by atoms with van der Waals surface area (Å²) >= 11 is 0. The number of aliphatic hydroxyl groups excluding tert-OH is 2. The molecule has 6 heteroatoms. The average Bonchev–Trinajstić information content (AvgIpc) is 3.31. The number of hydrogen-bond donors (Lipinski definition) is 3. The standard InChI is InChI=1S/C59H113NO5/c1-3-5-7-9-11-13-15-17-19-21-22-23-27-31-35-39-43-47-51-57(62)56(55-61)60-58(63)52-48-44-40-36-32-28-25-26-30-34-38-42-46-50-54-65-59(64)53-49-45-41-37-33-29-24-20-18-16-14-12-10-8-6-4-2/h14,16,20,24,56-57,61-62H,3-13,15,17-19,21-23,25-55H2,1-2H3,(H,60,63)/b16-14-,24-20-. The second kappa shape index (κ2) is 54.9. The maximum Gasteiger partial charge on any atom is 0.305 e. The van der Waals surface area contributed by atoms with Crippen LogP contribution < -0.4 is 5.32 Å². The lowest BCUT2D eigenvalue weighted by molar-refractivity contribution is -0.143. The van der Waals surface area contributed by atoms with Crippen molar-refractivity contribution in [3.8, 4) is 0 Å². The number of amides is 1. The molecule has 65 heavy (non-hydrogen) atoms. The average molecular weight is 917 g/mol. The molecule has 6 nitrogen and oxygen atoms in total. The number of hydrogen-bond acceptors (Lipinski definition) is 5. The molecule has 0 saturated heterocycles. The van der Waals surface area contributed by atoms with E-state index in [1.54, 1.807) is 0 Å². The molecule has 0 spiro atoms. The fourth-order valence-electron chi connectivity index (χ4n) is 9.02. The maximum atomic E-state index is 12.5. The van der Waals surface area contributed by atoms with E-state index in [2.05, 4.69) is 43.5 Å². The van der Waals surface area contributed by atoms with Gasteiger partial charge in [0.05, 0.1) is 25.4 Å². The van der Waals surface area contributed by atoms with Crippen molar-refractivity contribution in [2.75, 3.05) is 13.2 Å². The first-order valence-electron chi connectivity index (χ1n) is 29.1. The molecule has 1 amide bonds. The Balaban J connectivity index is 3.45. The maximum absolute atomic E-state index is 12.5. The Labute approximate surface area is 405 Å². The molecule has 384 valence electrons. The lowest BCUT2D eigenvalue weighted by Crippen LogP contribution is -2.45. The van der Waals surface area contributed by atoms with E-state index >= 15 is 0 Å². The van der Waals surface area contributed by atoms with Crippen LogP contribution in [0.3, 0.4) is 0 Å². The zero-order chi connectivity index (χ0) is 47.2. The number of rotatable bonds is 54. The van der Waals surface area contributed by atoms with E-state index < -0.39 is 12.1 Å². The second-order valence-corrected chi connectivity index (χ2v) is 20.0. The lowest BCUT2D eigenvalue weighted by Gasteiger charge is -2.22. The van der Waals surface area contributed by atoms with Gasteiger partial charge in [0.1, 0.15) is 0 Å². The van der Waals surface area contributed by atoms with Gasteiger partial charge in [-0.25, -0.2) is 0 Å². The molecule has 0 aromatic carbocycles. The highest BCUT2D eigenvalue weighted by molar-refractivity contribution is 5.76. The number of esters is 1. The summed E-state index contributed by atoms with van der Waals surface area (Å²) in [5, 5.41) is 23.3. The van der Waals surface area contributed by atoms with Crippen molar-refractivity contribution in [1.82, 2.24) is 5.32 Å². The lowest BCUT2D eigenvalue weighted by atomic mass is 10.0. The number of carbonyl (C=O) groups is 2. The summed E-state index contributed by atoms with van der Waals surface area (Å²) in [4.78, 5) is 24.5. The van der Waals surface area contributed by atoms with Crippen molar-refractivity contribution < 1.29 is 24.5 Å². The van der Waals surface area contributed by atoms with Crippen LogP contribution in [0.15, 0.2) is 24.3 Å². The molecule has 2 atom stereocenters. The Kier molecular flexibility index (Phi) is 53.5. The number of carbonyl (C=O) groups excluding carboxylic acids is 2. The Morgan fingerprint density at radius 3 is 1.18 bits per heavy atom. The van der Waals surface area contributed by atoms with Crippen LogP contribution in [-0.2, 0) is 14.3 Å². The van der Waals surface area contributed by atoms with Gasteiger partial charge in [-0.05, 0) is 57.8 Å². The van der Waals surface area contributed by atoms with Crippen molar-refractivity contribution in [1.29, 1.82) is 0 Å². The van der Waals surface area contributed by atoms with Gasteiger partial charge in [0.15, 0.2) is 0 Å². The van der Waals surface area contributed by atoms with Gasteiger partial charge in [-0.1, -0.05) is 269 Å². The highest BCUT2D eigenvalue weighted by Crippen LogP contribution is 2.17. The van der Waals surface area contributed by atoms with E-state index in [1.165, 1.54) is 225 Å². The molecule has 0 rings (SSSR count). The van der Waals surface area contributed by atoms with Crippen molar-refractivity contribution in [2.45, 2.75) is 328 Å². The largest absolute Gasteiger partial charge is 0.466 e. The van der Waals surface area contributed by atoms with Crippen LogP contribution in [0.1, 0.15) is 316 Å². The van der Waals surface area contributed by atoms with Crippen LogP contribution in [0.25, 0.3) is 0 Å². The summed E-state index contributed by atoms with van der Waals surface area (Å²) < 4.78 is 5.47. The number of aliphatic hydroxyl groups is 2. The quantitative estimate of drug-likeness (QED) is 0.0321. The van der Waals surface area contributed by atoms with Gasteiger partial charge in [-0.3, -0.25) is 9.59 Å². The van der Waals surface area contributed by atoms with Crippen LogP contribution >= 0.6 is 0 Å². The van der Waals surface area contributed by atoms with Gasteiger partial charge in [0.25, 0.3) is 0 Å². The minimum Gasteiger partial charge on any atom is -0.466 e. The molecule has 3 N–H and O–H groups in total. The smallest absolute Gasteiger partial charge is 0.305 e. The summed E-state index contributed by atoms with van der Waals surface area (Å²) in [5.74, 6) is -0.0589. The van der Waals surface area contributed by atoms with Gasteiger partial charge in [-0.15, -0.1) is 0 Å². The third kappa shape index (κ3) is 51.6. The Hall–Kier alpha value is -1.66. The Morgan fingerprint density at radius 2 is 0.769 bits per heavy atom. The van der Waals surface area contributed by atoms with Crippen molar-refractivity contribution in [3.05, 3.63) is 24.3 Å². The van der Waals surface area contributed by atoms with E-state index in [1.807, 2.05) is 0 Å². The summed E-state index contributed by atoms with van der Waals surface area (Å²) in [5.41, 5.74) is 0. The molecule has 0 saturated carbocycles. The number of allylic oxidation sites excluding steroid dienone is 4. The van der Waals surface area contributed by atoms with Gasteiger partial charge >= 0.3 is 5.97 Å². The van der Waals surface area contributed by atoms with Gasteiger partial charge in [-0.2, -0.15) is 0 Å². The highest BCUT2D eigenvalue weighted by atomic mass is 16.5. The Bertz CT molecular complexity index is 1010. The molecule has 0 bridgehead atoms. The van der Waals surface area contributed by atoms with E-state index in [9.17, 15) is 19.8 Å². The van der Waals surface area contributed by atoms with Crippen LogP contribution in [0.2, 0.25) is 0 Å². The zero-order valence-corrected chi connectivity index (χ0v) is 43.7. The third-order valence-electron chi connectivity index (χ3n) is 13.5. The highest BCUT2D eigenvalue weighted by Gasteiger charge is 2.20. The summed E-state index contributed by atoms with van der Waals surface area (Å²) in [6, 6.07) is -0.550. The fraction of sp³-hybridized carbons (Fsp3) is 0.898. The van der Waals surface area contributed by atoms with Crippen LogP contribution in [0.5, 0.6) is 0 Å². The monoisotopic (exact) mass is 916 g/mol. The molecule has 0 aliphatic carbocycles. The molecular formula is C59H113NO5. The molecule has 0 aromatic rings. The van der Waals surface area contributed by atoms with E-state index in [0.717, 1.165) is 57.8 Å². The van der Waals surface area contributed by atoms with E-state index in [-0.39, 0.29) is 18.5 Å². The molecular weight excluding hydrogens is 803 g/mol. The van der Waals surface area contributed by atoms with Crippen molar-refractivity contribution in [2.24, 2.45) is 0 Å². The first-order valence-corrected chi connectivity index (χ1v) is 29.1. The predicted molar refractivity (Wildman–Crippen MR) is 283 cm³/mol. The molecule has 0 radical (unpaired) electrons. The number of ether oxygens (including phenoxy) is 1.